The fourth-order valence-electron chi connectivity index (χ4n) is 5.33. The molecule has 1 fully saturated rings. The number of carbonyl (C=O) groups excluding carboxylic acids is 2. The summed E-state index contributed by atoms with van der Waals surface area (Å²) in [5.41, 5.74) is 15.1. The first-order valence-electron chi connectivity index (χ1n) is 13.1. The van der Waals surface area contributed by atoms with Gasteiger partial charge in [0, 0.05) is 35.1 Å². The second-order valence-corrected chi connectivity index (χ2v) is 9.97. The van der Waals surface area contributed by atoms with Crippen molar-refractivity contribution in [1.29, 1.82) is 5.41 Å². The standard InChI is InChI=1S/C30H33N5O3/c1-2-38-30(37)21-13-18-5-3-4-6-25(18)22(14-21)17-35-26-16-20(28(32)33)8-7-19(26)15-27(35)29(36)34-24-11-9-23(31)10-12-24/h3-8,13-16,23-24H,2,9-12,17,31H2,1H3,(H3,32,33)(H,34,36)/t23-,24-. The molecule has 4 aromatic rings. The van der Waals surface area contributed by atoms with Crippen LogP contribution >= 0.6 is 0 Å². The minimum absolute atomic E-state index is 0.0426. The van der Waals surface area contributed by atoms with E-state index in [2.05, 4.69) is 5.32 Å². The number of esters is 1. The van der Waals surface area contributed by atoms with Crippen molar-refractivity contribution in [2.75, 3.05) is 6.61 Å². The highest BCUT2D eigenvalue weighted by molar-refractivity contribution is 6.03. The zero-order valence-electron chi connectivity index (χ0n) is 21.5. The Balaban J connectivity index is 1.61. The van der Waals surface area contributed by atoms with Crippen LogP contribution in [0.25, 0.3) is 21.7 Å². The third kappa shape index (κ3) is 5.13. The first-order chi connectivity index (χ1) is 18.3. The number of benzene rings is 3. The largest absolute Gasteiger partial charge is 0.462 e. The molecule has 1 amide bonds. The van der Waals surface area contributed by atoms with Crippen LogP contribution in [0.5, 0.6) is 0 Å². The fourth-order valence-corrected chi connectivity index (χ4v) is 5.33. The summed E-state index contributed by atoms with van der Waals surface area (Å²) in [6, 6.07) is 19.2. The number of hydrogen-bond acceptors (Lipinski definition) is 5. The van der Waals surface area contributed by atoms with Crippen LogP contribution in [0.2, 0.25) is 0 Å². The van der Waals surface area contributed by atoms with E-state index in [1.165, 1.54) is 0 Å². The number of nitrogen functional groups attached to an aromatic ring is 1. The maximum absolute atomic E-state index is 13.6. The third-order valence-corrected chi connectivity index (χ3v) is 7.34. The molecule has 38 heavy (non-hydrogen) atoms. The van der Waals surface area contributed by atoms with Gasteiger partial charge in [-0.25, -0.2) is 4.79 Å². The summed E-state index contributed by atoms with van der Waals surface area (Å²) in [7, 11) is 0. The zero-order valence-corrected chi connectivity index (χ0v) is 21.5. The van der Waals surface area contributed by atoms with Crippen LogP contribution in [0, 0.1) is 5.41 Å². The van der Waals surface area contributed by atoms with E-state index in [1.807, 2.05) is 59.2 Å². The van der Waals surface area contributed by atoms with Gasteiger partial charge in [0.15, 0.2) is 0 Å². The highest BCUT2D eigenvalue weighted by Gasteiger charge is 2.24. The molecule has 8 heteroatoms. The van der Waals surface area contributed by atoms with Crippen molar-refractivity contribution in [3.8, 4) is 0 Å². The van der Waals surface area contributed by atoms with Crippen molar-refractivity contribution in [1.82, 2.24) is 9.88 Å². The van der Waals surface area contributed by atoms with Gasteiger partial charge in [0.1, 0.15) is 11.5 Å². The Bertz CT molecular complexity index is 1530. The molecule has 1 aliphatic rings. The molecule has 0 radical (unpaired) electrons. The Kier molecular flexibility index (Phi) is 7.15. The first kappa shape index (κ1) is 25.5. The molecule has 0 aliphatic heterocycles. The number of nitrogens with two attached hydrogens (primary N) is 2. The highest BCUT2D eigenvalue weighted by Crippen LogP contribution is 2.28. The molecule has 8 nitrogen and oxygen atoms in total. The monoisotopic (exact) mass is 511 g/mol. The van der Waals surface area contributed by atoms with Crippen molar-refractivity contribution in [3.63, 3.8) is 0 Å². The summed E-state index contributed by atoms with van der Waals surface area (Å²) < 4.78 is 7.22. The Hall–Kier alpha value is -4.17. The number of fused-ring (bicyclic) bond motifs is 2. The maximum atomic E-state index is 13.6. The van der Waals surface area contributed by atoms with E-state index in [0.29, 0.717) is 23.4 Å². The van der Waals surface area contributed by atoms with E-state index in [1.54, 1.807) is 13.0 Å². The molecule has 3 aromatic carbocycles. The number of nitrogens with zero attached hydrogens (tertiary/aromatic N) is 1. The minimum atomic E-state index is -0.385. The number of ether oxygens (including phenoxy) is 1. The van der Waals surface area contributed by atoms with Gasteiger partial charge in [0.2, 0.25) is 0 Å². The van der Waals surface area contributed by atoms with Gasteiger partial charge in [-0.05, 0) is 73.2 Å². The van der Waals surface area contributed by atoms with Gasteiger partial charge >= 0.3 is 5.97 Å². The Labute approximate surface area is 221 Å². The lowest BCUT2D eigenvalue weighted by Gasteiger charge is -2.27. The molecule has 0 atom stereocenters. The molecule has 1 saturated carbocycles. The van der Waals surface area contributed by atoms with Crippen molar-refractivity contribution < 1.29 is 14.3 Å². The van der Waals surface area contributed by atoms with Crippen LogP contribution in [0.15, 0.2) is 60.7 Å². The molecular formula is C30H33N5O3. The zero-order chi connectivity index (χ0) is 26.8. The Morgan fingerprint density at radius 1 is 1.00 bits per heavy atom. The number of aromatic nitrogens is 1. The van der Waals surface area contributed by atoms with Crippen LogP contribution in [-0.2, 0) is 11.3 Å². The van der Waals surface area contributed by atoms with Crippen LogP contribution in [0.3, 0.4) is 0 Å². The normalized spacial score (nSPS) is 17.4. The number of carbonyl (C=O) groups is 2. The molecule has 196 valence electrons. The molecular weight excluding hydrogens is 478 g/mol. The average Bonchev–Trinajstić information content (AvgIpc) is 3.27. The van der Waals surface area contributed by atoms with Gasteiger partial charge in [-0.15, -0.1) is 0 Å². The summed E-state index contributed by atoms with van der Waals surface area (Å²) in [6.07, 6.45) is 3.49. The predicted molar refractivity (Wildman–Crippen MR) is 150 cm³/mol. The lowest BCUT2D eigenvalue weighted by Crippen LogP contribution is -2.41. The third-order valence-electron chi connectivity index (χ3n) is 7.34. The van der Waals surface area contributed by atoms with E-state index in [9.17, 15) is 9.59 Å². The van der Waals surface area contributed by atoms with Gasteiger partial charge in [0.05, 0.1) is 12.2 Å². The topological polar surface area (TPSA) is 136 Å². The smallest absolute Gasteiger partial charge is 0.338 e. The Morgan fingerprint density at radius 3 is 2.50 bits per heavy atom. The molecule has 1 aromatic heterocycles. The Morgan fingerprint density at radius 2 is 1.76 bits per heavy atom. The van der Waals surface area contributed by atoms with Crippen LogP contribution < -0.4 is 16.8 Å². The molecule has 0 saturated heterocycles. The van der Waals surface area contributed by atoms with Gasteiger partial charge in [-0.2, -0.15) is 0 Å². The van der Waals surface area contributed by atoms with E-state index >= 15 is 0 Å². The molecule has 1 heterocycles. The second-order valence-electron chi connectivity index (χ2n) is 9.97. The fraction of sp³-hybridized carbons (Fsp3) is 0.300. The number of amides is 1. The summed E-state index contributed by atoms with van der Waals surface area (Å²) in [6.45, 7) is 2.41. The van der Waals surface area contributed by atoms with Gasteiger partial charge in [-0.1, -0.05) is 36.4 Å². The molecule has 5 rings (SSSR count). The minimum Gasteiger partial charge on any atom is -0.462 e. The average molecular weight is 512 g/mol. The first-order valence-corrected chi connectivity index (χ1v) is 13.1. The number of rotatable bonds is 7. The van der Waals surface area contributed by atoms with E-state index in [0.717, 1.165) is 52.9 Å². The SMILES string of the molecule is CCOC(=O)c1cc(Cn2c(C(=O)N[C@H]3CC[C@H](N)CC3)cc3ccc(C(=N)N)cc32)c2ccccc2c1. The highest BCUT2D eigenvalue weighted by atomic mass is 16.5. The lowest BCUT2D eigenvalue weighted by molar-refractivity contribution is 0.0526. The molecule has 1 aliphatic carbocycles. The number of hydrogen-bond donors (Lipinski definition) is 4. The maximum Gasteiger partial charge on any atom is 0.338 e. The molecule has 6 N–H and O–H groups in total. The summed E-state index contributed by atoms with van der Waals surface area (Å²) >= 11 is 0. The van der Waals surface area contributed by atoms with Crippen LogP contribution in [0.4, 0.5) is 0 Å². The van der Waals surface area contributed by atoms with Gasteiger partial charge in [-0.3, -0.25) is 10.2 Å². The molecule has 0 bridgehead atoms. The second kappa shape index (κ2) is 10.7. The van der Waals surface area contributed by atoms with Crippen molar-refractivity contribution >= 4 is 39.4 Å². The number of nitrogens with one attached hydrogen (secondary N) is 2. The predicted octanol–water partition coefficient (Wildman–Crippen LogP) is 4.30. The summed E-state index contributed by atoms with van der Waals surface area (Å²) in [4.78, 5) is 26.3. The van der Waals surface area contributed by atoms with Crippen molar-refractivity contribution in [3.05, 3.63) is 83.0 Å². The van der Waals surface area contributed by atoms with Gasteiger partial charge < -0.3 is 26.1 Å². The molecule has 0 unspecified atom stereocenters. The lowest BCUT2D eigenvalue weighted by atomic mass is 9.92. The van der Waals surface area contributed by atoms with E-state index < -0.39 is 0 Å². The van der Waals surface area contributed by atoms with Gasteiger partial charge in [0.25, 0.3) is 5.91 Å². The van der Waals surface area contributed by atoms with E-state index in [-0.39, 0.29) is 36.4 Å². The quantitative estimate of drug-likeness (QED) is 0.167. The van der Waals surface area contributed by atoms with Crippen molar-refractivity contribution in [2.45, 2.75) is 51.2 Å². The van der Waals surface area contributed by atoms with Crippen molar-refractivity contribution in [2.24, 2.45) is 11.5 Å². The number of amidine groups is 1. The van der Waals surface area contributed by atoms with Crippen LogP contribution in [-0.4, -0.2) is 41.0 Å². The van der Waals surface area contributed by atoms with Crippen LogP contribution in [0.1, 0.15) is 64.6 Å². The summed E-state index contributed by atoms with van der Waals surface area (Å²) in [5, 5.41) is 13.9. The van der Waals surface area contributed by atoms with E-state index in [4.69, 9.17) is 21.6 Å². The molecule has 0 spiro atoms. The summed E-state index contributed by atoms with van der Waals surface area (Å²) in [5.74, 6) is -0.583.